The van der Waals surface area contributed by atoms with Crippen LogP contribution in [0, 0.1) is 0 Å². The van der Waals surface area contributed by atoms with Gasteiger partial charge in [0.15, 0.2) is 0 Å². The minimum absolute atomic E-state index is 0.421. The first-order valence-electron chi connectivity index (χ1n) is 17.5. The minimum atomic E-state index is -0.421. The molecular formula is C49H33NS. The predicted molar refractivity (Wildman–Crippen MR) is 217 cm³/mol. The van der Waals surface area contributed by atoms with Gasteiger partial charge in [0.05, 0.1) is 15.8 Å². The Morgan fingerprint density at radius 2 is 0.980 bits per heavy atom. The Balaban J connectivity index is 1.20. The van der Waals surface area contributed by atoms with Gasteiger partial charge in [-0.3, -0.25) is 0 Å². The van der Waals surface area contributed by atoms with Crippen molar-refractivity contribution in [3.05, 3.63) is 222 Å². The average Bonchev–Trinajstić information content (AvgIpc) is 3.73. The van der Waals surface area contributed by atoms with E-state index in [1.807, 2.05) is 11.3 Å². The molecule has 0 atom stereocenters. The number of benzene rings is 8. The molecule has 240 valence electrons. The number of anilines is 3. The van der Waals surface area contributed by atoms with E-state index in [1.165, 1.54) is 70.4 Å². The fraction of sp³-hybridized carbons (Fsp3) is 0.0204. The van der Waals surface area contributed by atoms with Crippen LogP contribution in [-0.2, 0) is 5.41 Å². The van der Waals surface area contributed by atoms with E-state index in [2.05, 4.69) is 205 Å². The number of hydrogen-bond donors (Lipinski definition) is 0. The van der Waals surface area contributed by atoms with Crippen molar-refractivity contribution in [1.82, 2.24) is 0 Å². The summed E-state index contributed by atoms with van der Waals surface area (Å²) in [6.07, 6.45) is 0. The van der Waals surface area contributed by atoms with Gasteiger partial charge in [-0.25, -0.2) is 0 Å². The Labute approximate surface area is 302 Å². The standard InChI is InChI=1S/C49H33NS/c1-4-16-34(17-5-1)35-18-14-23-39(32-35)50(38-21-8-3-9-22-38)46-29-15-26-43-42-31-30-37(33-47(42)51-48(43)46)49(36-19-6-2-7-20-36)44-27-12-10-24-40(44)41-25-11-13-28-45(41)49/h1-33H. The van der Waals surface area contributed by atoms with E-state index >= 15 is 0 Å². The maximum absolute atomic E-state index is 2.47. The molecule has 1 heterocycles. The van der Waals surface area contributed by atoms with Crippen LogP contribution < -0.4 is 4.90 Å². The van der Waals surface area contributed by atoms with Gasteiger partial charge in [0, 0.05) is 26.8 Å². The number of nitrogens with zero attached hydrogens (tertiary/aromatic N) is 1. The highest BCUT2D eigenvalue weighted by molar-refractivity contribution is 7.26. The van der Waals surface area contributed by atoms with Crippen LogP contribution in [0.4, 0.5) is 17.1 Å². The molecule has 0 fully saturated rings. The molecule has 0 spiro atoms. The van der Waals surface area contributed by atoms with Crippen molar-refractivity contribution in [2.24, 2.45) is 0 Å². The molecule has 1 aliphatic carbocycles. The minimum Gasteiger partial charge on any atom is -0.309 e. The molecule has 0 N–H and O–H groups in total. The summed E-state index contributed by atoms with van der Waals surface area (Å²) >= 11 is 1.89. The SMILES string of the molecule is c1ccc(-c2cccc(N(c3ccccc3)c3cccc4c3sc3cc(C5(c6ccccc6)c6ccccc6-c6ccccc65)ccc34)c2)cc1. The van der Waals surface area contributed by atoms with Crippen molar-refractivity contribution < 1.29 is 0 Å². The van der Waals surface area contributed by atoms with Crippen LogP contribution in [0.1, 0.15) is 22.3 Å². The summed E-state index contributed by atoms with van der Waals surface area (Å²) in [5, 5.41) is 2.56. The van der Waals surface area contributed by atoms with Crippen molar-refractivity contribution in [2.75, 3.05) is 4.90 Å². The van der Waals surface area contributed by atoms with Gasteiger partial charge < -0.3 is 4.90 Å². The van der Waals surface area contributed by atoms with E-state index in [9.17, 15) is 0 Å². The lowest BCUT2D eigenvalue weighted by Gasteiger charge is -2.33. The molecule has 2 heteroatoms. The number of hydrogen-bond acceptors (Lipinski definition) is 2. The molecule has 0 saturated carbocycles. The van der Waals surface area contributed by atoms with Crippen molar-refractivity contribution in [3.63, 3.8) is 0 Å². The monoisotopic (exact) mass is 667 g/mol. The van der Waals surface area contributed by atoms with Gasteiger partial charge in [0.1, 0.15) is 0 Å². The third kappa shape index (κ3) is 4.61. The first kappa shape index (κ1) is 29.7. The molecular weight excluding hydrogens is 635 g/mol. The zero-order valence-corrected chi connectivity index (χ0v) is 28.7. The number of para-hydroxylation sites is 1. The Hall–Kier alpha value is -6.22. The normalized spacial score (nSPS) is 12.9. The second-order valence-electron chi connectivity index (χ2n) is 13.3. The van der Waals surface area contributed by atoms with Crippen molar-refractivity contribution in [3.8, 4) is 22.3 Å². The molecule has 1 aromatic heterocycles. The third-order valence-corrected chi connectivity index (χ3v) is 11.7. The Morgan fingerprint density at radius 3 is 1.71 bits per heavy atom. The van der Waals surface area contributed by atoms with Gasteiger partial charge in [0.25, 0.3) is 0 Å². The first-order chi connectivity index (χ1) is 25.3. The molecule has 0 bridgehead atoms. The highest BCUT2D eigenvalue weighted by atomic mass is 32.1. The summed E-state index contributed by atoms with van der Waals surface area (Å²) in [5.41, 5.74) is 13.3. The second-order valence-corrected chi connectivity index (χ2v) is 14.3. The summed E-state index contributed by atoms with van der Waals surface area (Å²) in [6.45, 7) is 0. The molecule has 0 aliphatic heterocycles. The van der Waals surface area contributed by atoms with Gasteiger partial charge in [0.2, 0.25) is 0 Å². The molecule has 0 radical (unpaired) electrons. The maximum atomic E-state index is 2.47. The summed E-state index contributed by atoms with van der Waals surface area (Å²) in [5.74, 6) is 0. The summed E-state index contributed by atoms with van der Waals surface area (Å²) in [7, 11) is 0. The predicted octanol–water partition coefficient (Wildman–Crippen LogP) is 13.6. The first-order valence-corrected chi connectivity index (χ1v) is 18.3. The van der Waals surface area contributed by atoms with Crippen molar-refractivity contribution in [1.29, 1.82) is 0 Å². The lowest BCUT2D eigenvalue weighted by molar-refractivity contribution is 0.770. The smallest absolute Gasteiger partial charge is 0.0714 e. The topological polar surface area (TPSA) is 3.24 Å². The lowest BCUT2D eigenvalue weighted by atomic mass is 9.67. The molecule has 51 heavy (non-hydrogen) atoms. The number of thiophene rings is 1. The molecule has 0 saturated heterocycles. The third-order valence-electron chi connectivity index (χ3n) is 10.5. The number of fused-ring (bicyclic) bond motifs is 6. The van der Waals surface area contributed by atoms with Gasteiger partial charge in [-0.1, -0.05) is 164 Å². The largest absolute Gasteiger partial charge is 0.309 e. The van der Waals surface area contributed by atoms with Crippen LogP contribution in [0.25, 0.3) is 42.4 Å². The van der Waals surface area contributed by atoms with E-state index in [0.29, 0.717) is 0 Å². The molecule has 10 rings (SSSR count). The van der Waals surface area contributed by atoms with E-state index in [1.54, 1.807) is 0 Å². The average molecular weight is 668 g/mol. The quantitative estimate of drug-likeness (QED) is 0.171. The van der Waals surface area contributed by atoms with E-state index < -0.39 is 5.41 Å². The molecule has 8 aromatic carbocycles. The van der Waals surface area contributed by atoms with Gasteiger partial charge in [-0.2, -0.15) is 0 Å². The Morgan fingerprint density at radius 1 is 0.392 bits per heavy atom. The highest BCUT2D eigenvalue weighted by Gasteiger charge is 2.46. The molecule has 0 unspecified atom stereocenters. The Bertz CT molecular complexity index is 2650. The maximum Gasteiger partial charge on any atom is 0.0714 e. The Kier molecular flexibility index (Phi) is 6.97. The summed E-state index contributed by atoms with van der Waals surface area (Å²) in [6, 6.07) is 73.3. The fourth-order valence-corrected chi connectivity index (χ4v) is 9.61. The van der Waals surface area contributed by atoms with E-state index in [0.717, 1.165) is 11.4 Å². The van der Waals surface area contributed by atoms with Crippen LogP contribution >= 0.6 is 11.3 Å². The summed E-state index contributed by atoms with van der Waals surface area (Å²) in [4.78, 5) is 2.42. The van der Waals surface area contributed by atoms with Gasteiger partial charge in [-0.15, -0.1) is 11.3 Å². The molecule has 0 amide bonds. The van der Waals surface area contributed by atoms with Crippen LogP contribution in [0.15, 0.2) is 200 Å². The van der Waals surface area contributed by atoms with Crippen LogP contribution in [0.3, 0.4) is 0 Å². The van der Waals surface area contributed by atoms with Crippen molar-refractivity contribution in [2.45, 2.75) is 5.41 Å². The highest BCUT2D eigenvalue weighted by Crippen LogP contribution is 2.57. The molecule has 1 nitrogen and oxygen atoms in total. The number of rotatable bonds is 6. The van der Waals surface area contributed by atoms with Gasteiger partial charge in [-0.05, 0) is 80.9 Å². The second kappa shape index (κ2) is 12.0. The van der Waals surface area contributed by atoms with E-state index in [4.69, 9.17) is 0 Å². The summed E-state index contributed by atoms with van der Waals surface area (Å²) < 4.78 is 2.57. The van der Waals surface area contributed by atoms with E-state index in [-0.39, 0.29) is 0 Å². The van der Waals surface area contributed by atoms with Crippen LogP contribution in [0.2, 0.25) is 0 Å². The molecule has 9 aromatic rings. The van der Waals surface area contributed by atoms with Crippen LogP contribution in [0.5, 0.6) is 0 Å². The molecule has 1 aliphatic rings. The lowest BCUT2D eigenvalue weighted by Crippen LogP contribution is -2.28. The zero-order valence-electron chi connectivity index (χ0n) is 27.9. The van der Waals surface area contributed by atoms with Crippen LogP contribution in [-0.4, -0.2) is 0 Å². The zero-order chi connectivity index (χ0) is 33.8. The van der Waals surface area contributed by atoms with Crippen molar-refractivity contribution >= 4 is 48.6 Å². The van der Waals surface area contributed by atoms with Gasteiger partial charge >= 0.3 is 0 Å². The fourth-order valence-electron chi connectivity index (χ4n) is 8.36.